The van der Waals surface area contributed by atoms with Gasteiger partial charge in [-0.3, -0.25) is 0 Å². The van der Waals surface area contributed by atoms with E-state index in [4.69, 9.17) is 5.26 Å². The normalized spacial score (nSPS) is 11.3. The second-order valence-corrected chi connectivity index (χ2v) is 4.61. The number of nitriles is 1. The van der Waals surface area contributed by atoms with Crippen LogP contribution in [0.15, 0.2) is 18.2 Å². The van der Waals surface area contributed by atoms with Gasteiger partial charge in [0.1, 0.15) is 5.82 Å². The smallest absolute Gasteiger partial charge is 0.129 e. The molecule has 0 radical (unpaired) electrons. The van der Waals surface area contributed by atoms with Gasteiger partial charge in [-0.25, -0.2) is 4.39 Å². The zero-order valence-electron chi connectivity index (χ0n) is 11.4. The van der Waals surface area contributed by atoms with Crippen LogP contribution < -0.4 is 5.32 Å². The molecule has 0 aliphatic heterocycles. The first kappa shape index (κ1) is 14.7. The molecule has 18 heavy (non-hydrogen) atoms. The summed E-state index contributed by atoms with van der Waals surface area (Å²) in [5.41, 5.74) is 1.07. The molecule has 0 aliphatic rings. The van der Waals surface area contributed by atoms with Crippen LogP contribution >= 0.6 is 0 Å². The highest BCUT2D eigenvalue weighted by Gasteiger charge is 2.22. The molecule has 0 aromatic heterocycles. The lowest BCUT2D eigenvalue weighted by Gasteiger charge is -2.32. The first-order chi connectivity index (χ1) is 8.60. The van der Waals surface area contributed by atoms with Crippen LogP contribution in [0.5, 0.6) is 0 Å². The van der Waals surface area contributed by atoms with E-state index >= 15 is 0 Å². The second-order valence-electron chi connectivity index (χ2n) is 4.61. The number of hydrogen-bond acceptors (Lipinski definition) is 2. The quantitative estimate of drug-likeness (QED) is 0.832. The first-order valence-electron chi connectivity index (χ1n) is 6.54. The minimum atomic E-state index is -0.307. The van der Waals surface area contributed by atoms with Gasteiger partial charge in [-0.15, -0.1) is 0 Å². The molecule has 1 N–H and O–H groups in total. The zero-order chi connectivity index (χ0) is 13.6. The SMILES string of the molecule is CCC(CC)(CC)NCc1ccc(C#N)cc1F. The highest BCUT2D eigenvalue weighted by molar-refractivity contribution is 5.32. The van der Waals surface area contributed by atoms with Crippen molar-refractivity contribution in [3.05, 3.63) is 35.1 Å². The van der Waals surface area contributed by atoms with Crippen molar-refractivity contribution in [2.75, 3.05) is 0 Å². The molecule has 2 nitrogen and oxygen atoms in total. The summed E-state index contributed by atoms with van der Waals surface area (Å²) in [6.07, 6.45) is 3.08. The van der Waals surface area contributed by atoms with Gasteiger partial charge in [-0.2, -0.15) is 5.26 Å². The van der Waals surface area contributed by atoms with E-state index in [-0.39, 0.29) is 11.4 Å². The van der Waals surface area contributed by atoms with Crippen molar-refractivity contribution < 1.29 is 4.39 Å². The number of halogens is 1. The number of benzene rings is 1. The van der Waals surface area contributed by atoms with Gasteiger partial charge in [0.15, 0.2) is 0 Å². The summed E-state index contributed by atoms with van der Waals surface area (Å²) in [7, 11) is 0. The third-order valence-corrected chi connectivity index (χ3v) is 3.87. The molecule has 1 aromatic rings. The van der Waals surface area contributed by atoms with E-state index < -0.39 is 0 Å². The standard InChI is InChI=1S/C15H21FN2/c1-4-15(5-2,6-3)18-11-13-8-7-12(10-17)9-14(13)16/h7-9,18H,4-6,11H2,1-3H3. The molecule has 0 aliphatic carbocycles. The number of rotatable bonds is 6. The topological polar surface area (TPSA) is 35.8 Å². The Kier molecular flexibility index (Phi) is 5.30. The molecule has 0 amide bonds. The van der Waals surface area contributed by atoms with Gasteiger partial charge < -0.3 is 5.32 Å². The maximum Gasteiger partial charge on any atom is 0.129 e. The van der Waals surface area contributed by atoms with Crippen LogP contribution in [0.3, 0.4) is 0 Å². The fourth-order valence-corrected chi connectivity index (χ4v) is 2.17. The Morgan fingerprint density at radius 2 is 1.83 bits per heavy atom. The summed E-state index contributed by atoms with van der Waals surface area (Å²) < 4.78 is 13.7. The highest BCUT2D eigenvalue weighted by atomic mass is 19.1. The van der Waals surface area contributed by atoms with Gasteiger partial charge in [0, 0.05) is 17.6 Å². The van der Waals surface area contributed by atoms with Gasteiger partial charge in [0.2, 0.25) is 0 Å². The van der Waals surface area contributed by atoms with Gasteiger partial charge in [0.25, 0.3) is 0 Å². The fraction of sp³-hybridized carbons (Fsp3) is 0.533. The molecule has 0 unspecified atom stereocenters. The fourth-order valence-electron chi connectivity index (χ4n) is 2.17. The van der Waals surface area contributed by atoms with Crippen molar-refractivity contribution in [2.24, 2.45) is 0 Å². The minimum Gasteiger partial charge on any atom is -0.307 e. The Hall–Kier alpha value is -1.40. The molecule has 1 rings (SSSR count). The van der Waals surface area contributed by atoms with Gasteiger partial charge in [-0.1, -0.05) is 26.8 Å². The van der Waals surface area contributed by atoms with E-state index in [2.05, 4.69) is 26.1 Å². The third-order valence-electron chi connectivity index (χ3n) is 3.87. The molecule has 0 spiro atoms. The summed E-state index contributed by atoms with van der Waals surface area (Å²) in [6, 6.07) is 6.58. The van der Waals surface area contributed by atoms with E-state index in [0.29, 0.717) is 17.7 Å². The maximum absolute atomic E-state index is 13.7. The van der Waals surface area contributed by atoms with Crippen LogP contribution in [0.25, 0.3) is 0 Å². The first-order valence-corrected chi connectivity index (χ1v) is 6.54. The van der Waals surface area contributed by atoms with Crippen molar-refractivity contribution in [2.45, 2.75) is 52.1 Å². The van der Waals surface area contributed by atoms with Crippen LogP contribution in [0.2, 0.25) is 0 Å². The van der Waals surface area contributed by atoms with E-state index in [9.17, 15) is 4.39 Å². The van der Waals surface area contributed by atoms with Crippen LogP contribution in [0.1, 0.15) is 51.2 Å². The molecular formula is C15H21FN2. The lowest BCUT2D eigenvalue weighted by atomic mass is 9.89. The van der Waals surface area contributed by atoms with Crippen molar-refractivity contribution in [3.8, 4) is 6.07 Å². The molecule has 0 saturated heterocycles. The predicted molar refractivity (Wildman–Crippen MR) is 71.6 cm³/mol. The Bertz CT molecular complexity index is 422. The Morgan fingerprint density at radius 1 is 1.22 bits per heavy atom. The maximum atomic E-state index is 13.7. The van der Waals surface area contributed by atoms with E-state index in [1.54, 1.807) is 12.1 Å². The highest BCUT2D eigenvalue weighted by Crippen LogP contribution is 2.20. The number of hydrogen-bond donors (Lipinski definition) is 1. The average molecular weight is 248 g/mol. The Morgan fingerprint density at radius 3 is 2.28 bits per heavy atom. The van der Waals surface area contributed by atoms with Crippen LogP contribution in [-0.2, 0) is 6.54 Å². The van der Waals surface area contributed by atoms with Crippen molar-refractivity contribution in [3.63, 3.8) is 0 Å². The van der Waals surface area contributed by atoms with Crippen molar-refractivity contribution >= 4 is 0 Å². The van der Waals surface area contributed by atoms with Gasteiger partial charge in [0.05, 0.1) is 11.6 Å². The average Bonchev–Trinajstić information content (AvgIpc) is 2.42. The summed E-state index contributed by atoms with van der Waals surface area (Å²) in [5, 5.41) is 12.1. The number of nitrogens with one attached hydrogen (secondary N) is 1. The van der Waals surface area contributed by atoms with Crippen molar-refractivity contribution in [1.82, 2.24) is 5.32 Å². The lowest BCUT2D eigenvalue weighted by Crippen LogP contribution is -2.43. The van der Waals surface area contributed by atoms with Crippen LogP contribution in [0.4, 0.5) is 4.39 Å². The predicted octanol–water partition coefficient (Wildman–Crippen LogP) is 3.76. The molecule has 0 fully saturated rings. The second kappa shape index (κ2) is 6.51. The third kappa shape index (κ3) is 3.30. The van der Waals surface area contributed by atoms with Gasteiger partial charge in [-0.05, 0) is 31.4 Å². The van der Waals surface area contributed by atoms with Crippen LogP contribution in [-0.4, -0.2) is 5.54 Å². The molecule has 3 heteroatoms. The van der Waals surface area contributed by atoms with E-state index in [1.165, 1.54) is 6.07 Å². The Labute approximate surface area is 109 Å². The van der Waals surface area contributed by atoms with Crippen molar-refractivity contribution in [1.29, 1.82) is 5.26 Å². The summed E-state index contributed by atoms with van der Waals surface area (Å²) in [4.78, 5) is 0. The molecule has 0 atom stereocenters. The molecule has 0 heterocycles. The molecule has 0 saturated carbocycles. The summed E-state index contributed by atoms with van der Waals surface area (Å²) >= 11 is 0. The summed E-state index contributed by atoms with van der Waals surface area (Å²) in [5.74, 6) is -0.307. The summed E-state index contributed by atoms with van der Waals surface area (Å²) in [6.45, 7) is 6.95. The van der Waals surface area contributed by atoms with E-state index in [1.807, 2.05) is 6.07 Å². The monoisotopic (exact) mass is 248 g/mol. The molecular weight excluding hydrogens is 227 g/mol. The molecule has 1 aromatic carbocycles. The lowest BCUT2D eigenvalue weighted by molar-refractivity contribution is 0.286. The zero-order valence-corrected chi connectivity index (χ0v) is 11.4. The Balaban J connectivity index is 2.77. The minimum absolute atomic E-state index is 0.0837. The number of nitrogens with zero attached hydrogens (tertiary/aromatic N) is 1. The van der Waals surface area contributed by atoms with Crippen LogP contribution in [0, 0.1) is 17.1 Å². The van der Waals surface area contributed by atoms with E-state index in [0.717, 1.165) is 19.3 Å². The molecule has 98 valence electrons. The van der Waals surface area contributed by atoms with Gasteiger partial charge >= 0.3 is 0 Å². The molecule has 0 bridgehead atoms. The largest absolute Gasteiger partial charge is 0.307 e.